The molecule has 0 atom stereocenters. The van der Waals surface area contributed by atoms with Gasteiger partial charge < -0.3 is 4.42 Å². The smallest absolute Gasteiger partial charge is 0.399 e. The Kier molecular flexibility index (Phi) is 4.30. The highest BCUT2D eigenvalue weighted by molar-refractivity contribution is 6.30. The predicted octanol–water partition coefficient (Wildman–Crippen LogP) is 3.69. The van der Waals surface area contributed by atoms with Crippen LogP contribution in [0.5, 0.6) is 0 Å². The molecule has 0 fully saturated rings. The third-order valence-corrected chi connectivity index (χ3v) is 3.36. The number of hydrazone groups is 1. The van der Waals surface area contributed by atoms with Gasteiger partial charge in [0.05, 0.1) is 18.0 Å². The van der Waals surface area contributed by atoms with Gasteiger partial charge in [-0.1, -0.05) is 11.6 Å². The van der Waals surface area contributed by atoms with Crippen molar-refractivity contribution in [3.05, 3.63) is 63.3 Å². The fourth-order valence-electron chi connectivity index (χ4n) is 2.05. The van der Waals surface area contributed by atoms with Gasteiger partial charge >= 0.3 is 5.88 Å². The zero-order valence-electron chi connectivity index (χ0n) is 12.5. The maximum atomic E-state index is 10.7. The fraction of sp³-hybridized carbons (Fsp3) is 0.0667. The van der Waals surface area contributed by atoms with E-state index in [4.69, 9.17) is 16.0 Å². The molecular weight excluding hydrogens is 334 g/mol. The lowest BCUT2D eigenvalue weighted by Gasteiger charge is -1.99. The summed E-state index contributed by atoms with van der Waals surface area (Å²) in [5.74, 6) is -0.0342. The second kappa shape index (κ2) is 6.55. The number of aryl methyl sites for hydroxylation is 1. The first kappa shape index (κ1) is 15.8. The lowest BCUT2D eigenvalue weighted by atomic mass is 10.2. The number of halogens is 1. The number of benzene rings is 1. The molecule has 0 amide bonds. The topological polar surface area (TPSA) is 98.5 Å². The molecule has 1 N–H and O–H groups in total. The summed E-state index contributed by atoms with van der Waals surface area (Å²) in [5, 5.41) is 19.8. The molecule has 2 aromatic heterocycles. The molecule has 8 nitrogen and oxygen atoms in total. The van der Waals surface area contributed by atoms with Gasteiger partial charge in [-0.05, 0) is 30.3 Å². The largest absolute Gasteiger partial charge is 0.433 e. The minimum absolute atomic E-state index is 0.301. The monoisotopic (exact) mass is 345 g/mol. The van der Waals surface area contributed by atoms with Gasteiger partial charge in [0.2, 0.25) is 0 Å². The molecule has 1 aromatic carbocycles. The summed E-state index contributed by atoms with van der Waals surface area (Å²) in [6.45, 7) is 0. The summed E-state index contributed by atoms with van der Waals surface area (Å²) in [4.78, 5) is 10.1. The van der Waals surface area contributed by atoms with Crippen molar-refractivity contribution in [3.8, 4) is 11.5 Å². The van der Waals surface area contributed by atoms with E-state index in [1.54, 1.807) is 48.4 Å². The molecule has 0 saturated carbocycles. The molecule has 0 radical (unpaired) electrons. The number of hydrogen-bond acceptors (Lipinski definition) is 6. The summed E-state index contributed by atoms with van der Waals surface area (Å²) in [5.41, 5.74) is 4.76. The number of rotatable bonds is 5. The van der Waals surface area contributed by atoms with Crippen molar-refractivity contribution < 1.29 is 9.34 Å². The molecule has 0 saturated heterocycles. The quantitative estimate of drug-likeness (QED) is 0.432. The average molecular weight is 346 g/mol. The first-order valence-electron chi connectivity index (χ1n) is 6.86. The Morgan fingerprint density at radius 1 is 1.33 bits per heavy atom. The number of nitro groups is 1. The van der Waals surface area contributed by atoms with Gasteiger partial charge in [0.15, 0.2) is 5.76 Å². The van der Waals surface area contributed by atoms with Gasteiger partial charge in [-0.15, -0.1) is 0 Å². The minimum atomic E-state index is -0.595. The zero-order chi connectivity index (χ0) is 17.1. The maximum Gasteiger partial charge on any atom is 0.433 e. The molecule has 0 aliphatic carbocycles. The number of furan rings is 1. The van der Waals surface area contributed by atoms with Crippen LogP contribution in [0.2, 0.25) is 5.02 Å². The van der Waals surface area contributed by atoms with Crippen molar-refractivity contribution in [2.45, 2.75) is 0 Å². The van der Waals surface area contributed by atoms with E-state index in [1.807, 2.05) is 0 Å². The third-order valence-electron chi connectivity index (χ3n) is 3.10. The highest BCUT2D eigenvalue weighted by atomic mass is 35.5. The highest BCUT2D eigenvalue weighted by Crippen LogP contribution is 2.26. The standard InChI is InChI=1S/C15H12ClN5O3/c1-20-9-10(8-17-18-12-4-2-11(16)3-5-12)15(19-20)13-6-7-14(24-13)21(22)23/h2-9,18H,1H3/b17-8+. The minimum Gasteiger partial charge on any atom is -0.399 e. The van der Waals surface area contributed by atoms with Crippen LogP contribution in [0.3, 0.4) is 0 Å². The Balaban J connectivity index is 1.81. The van der Waals surface area contributed by atoms with E-state index in [-0.39, 0.29) is 5.88 Å². The molecule has 9 heteroatoms. The second-order valence-corrected chi connectivity index (χ2v) is 5.32. The molecule has 0 unspecified atom stereocenters. The van der Waals surface area contributed by atoms with Gasteiger partial charge in [0, 0.05) is 23.8 Å². The van der Waals surface area contributed by atoms with E-state index in [0.717, 1.165) is 5.69 Å². The number of anilines is 1. The van der Waals surface area contributed by atoms with Gasteiger partial charge in [0.1, 0.15) is 10.6 Å². The summed E-state index contributed by atoms with van der Waals surface area (Å²) in [6.07, 6.45) is 3.29. The second-order valence-electron chi connectivity index (χ2n) is 4.88. The van der Waals surface area contributed by atoms with Crippen molar-refractivity contribution in [1.29, 1.82) is 0 Å². The van der Waals surface area contributed by atoms with E-state index < -0.39 is 4.92 Å². The van der Waals surface area contributed by atoms with Crippen LogP contribution in [0.25, 0.3) is 11.5 Å². The number of hydrogen-bond donors (Lipinski definition) is 1. The number of nitrogens with one attached hydrogen (secondary N) is 1. The first-order valence-corrected chi connectivity index (χ1v) is 7.23. The van der Waals surface area contributed by atoms with Crippen LogP contribution in [0.1, 0.15) is 5.56 Å². The van der Waals surface area contributed by atoms with Gasteiger partial charge in [-0.3, -0.25) is 20.2 Å². The van der Waals surface area contributed by atoms with Crippen LogP contribution in [0, 0.1) is 10.1 Å². The van der Waals surface area contributed by atoms with Gasteiger partial charge in [-0.25, -0.2) is 0 Å². The van der Waals surface area contributed by atoms with E-state index in [9.17, 15) is 10.1 Å². The van der Waals surface area contributed by atoms with Crippen LogP contribution >= 0.6 is 11.6 Å². The zero-order valence-corrected chi connectivity index (χ0v) is 13.3. The SMILES string of the molecule is Cn1cc(/C=N/Nc2ccc(Cl)cc2)c(-c2ccc([N+](=O)[O-])o2)n1. The molecule has 24 heavy (non-hydrogen) atoms. The van der Waals surface area contributed by atoms with Gasteiger partial charge in [0.25, 0.3) is 0 Å². The van der Waals surface area contributed by atoms with Crippen molar-refractivity contribution in [1.82, 2.24) is 9.78 Å². The normalized spacial score (nSPS) is 11.1. The van der Waals surface area contributed by atoms with E-state index in [0.29, 0.717) is 22.0 Å². The molecule has 0 aliphatic heterocycles. The summed E-state index contributed by atoms with van der Waals surface area (Å²) in [6, 6.07) is 9.87. The Bertz CT molecular complexity index is 898. The lowest BCUT2D eigenvalue weighted by molar-refractivity contribution is -0.401. The number of nitrogens with zero attached hydrogens (tertiary/aromatic N) is 4. The fourth-order valence-corrected chi connectivity index (χ4v) is 2.17. The Hall–Kier alpha value is -3.13. The molecular formula is C15H12ClN5O3. The Morgan fingerprint density at radius 3 is 2.75 bits per heavy atom. The third kappa shape index (κ3) is 3.44. The highest BCUT2D eigenvalue weighted by Gasteiger charge is 2.17. The van der Waals surface area contributed by atoms with Crippen LogP contribution in [0.4, 0.5) is 11.6 Å². The van der Waals surface area contributed by atoms with Crippen LogP contribution < -0.4 is 5.43 Å². The molecule has 0 bridgehead atoms. The van der Waals surface area contributed by atoms with Crippen molar-refractivity contribution in [2.24, 2.45) is 12.1 Å². The molecule has 2 heterocycles. The van der Waals surface area contributed by atoms with E-state index in [2.05, 4.69) is 15.6 Å². The van der Waals surface area contributed by atoms with Gasteiger partial charge in [-0.2, -0.15) is 10.2 Å². The molecule has 0 spiro atoms. The molecule has 3 aromatic rings. The molecule has 3 rings (SSSR count). The predicted molar refractivity (Wildman–Crippen MR) is 90.2 cm³/mol. The van der Waals surface area contributed by atoms with Crippen molar-refractivity contribution >= 4 is 29.4 Å². The van der Waals surface area contributed by atoms with Crippen molar-refractivity contribution in [3.63, 3.8) is 0 Å². The Labute approximate surface area is 141 Å². The average Bonchev–Trinajstić information content (AvgIpc) is 3.16. The lowest BCUT2D eigenvalue weighted by Crippen LogP contribution is -1.91. The Morgan fingerprint density at radius 2 is 2.08 bits per heavy atom. The summed E-state index contributed by atoms with van der Waals surface area (Å²) in [7, 11) is 1.74. The summed E-state index contributed by atoms with van der Waals surface area (Å²) < 4.78 is 6.77. The van der Waals surface area contributed by atoms with Crippen LogP contribution in [-0.4, -0.2) is 20.9 Å². The maximum absolute atomic E-state index is 10.7. The number of aromatic nitrogens is 2. The van der Waals surface area contributed by atoms with E-state index >= 15 is 0 Å². The van der Waals surface area contributed by atoms with Crippen LogP contribution in [0.15, 0.2) is 52.1 Å². The molecule has 0 aliphatic rings. The van der Waals surface area contributed by atoms with Crippen molar-refractivity contribution in [2.75, 3.05) is 5.43 Å². The van der Waals surface area contributed by atoms with E-state index in [1.165, 1.54) is 12.1 Å². The van der Waals surface area contributed by atoms with Crippen LogP contribution in [-0.2, 0) is 7.05 Å². The first-order chi connectivity index (χ1) is 11.5. The summed E-state index contributed by atoms with van der Waals surface area (Å²) >= 11 is 5.82. The molecule has 122 valence electrons.